The van der Waals surface area contributed by atoms with Gasteiger partial charge in [0.25, 0.3) is 5.91 Å². The Morgan fingerprint density at radius 3 is 2.87 bits per heavy atom. The predicted octanol–water partition coefficient (Wildman–Crippen LogP) is 1.69. The van der Waals surface area contributed by atoms with Crippen LogP contribution in [0.3, 0.4) is 0 Å². The molecule has 2 aliphatic heterocycles. The topological polar surface area (TPSA) is 62.7 Å². The molecule has 1 saturated heterocycles. The Bertz CT molecular complexity index is 734. The summed E-state index contributed by atoms with van der Waals surface area (Å²) < 4.78 is 5.86. The molecular formula is C18H18N2O3. The van der Waals surface area contributed by atoms with Gasteiger partial charge in [0.2, 0.25) is 0 Å². The Labute approximate surface area is 134 Å². The van der Waals surface area contributed by atoms with Crippen LogP contribution in [0, 0.1) is 5.41 Å². The number of para-hydroxylation sites is 1. The molecule has 0 unspecified atom stereocenters. The van der Waals surface area contributed by atoms with Crippen LogP contribution in [0.5, 0.6) is 5.75 Å². The molecule has 1 fully saturated rings. The van der Waals surface area contributed by atoms with Crippen LogP contribution in [0.1, 0.15) is 21.8 Å². The Morgan fingerprint density at radius 1 is 1.30 bits per heavy atom. The van der Waals surface area contributed by atoms with Crippen molar-refractivity contribution in [1.82, 2.24) is 9.88 Å². The lowest BCUT2D eigenvalue weighted by atomic mass is 9.74. The minimum absolute atomic E-state index is 0.00608. The first-order chi connectivity index (χ1) is 11.2. The maximum absolute atomic E-state index is 12.7. The van der Waals surface area contributed by atoms with Gasteiger partial charge in [-0.15, -0.1) is 0 Å². The molecule has 0 aliphatic carbocycles. The number of aliphatic hydroxyl groups is 1. The largest absolute Gasteiger partial charge is 0.493 e. The molecule has 1 amide bonds. The van der Waals surface area contributed by atoms with Crippen LogP contribution in [0.25, 0.3) is 0 Å². The lowest BCUT2D eigenvalue weighted by molar-refractivity contribution is 0.0440. The van der Waals surface area contributed by atoms with Crippen molar-refractivity contribution >= 4 is 5.91 Å². The van der Waals surface area contributed by atoms with Crippen LogP contribution in [-0.4, -0.2) is 47.2 Å². The van der Waals surface area contributed by atoms with Crippen molar-refractivity contribution in [2.75, 3.05) is 26.3 Å². The van der Waals surface area contributed by atoms with E-state index in [0.29, 0.717) is 25.3 Å². The summed E-state index contributed by atoms with van der Waals surface area (Å²) in [5, 5.41) is 10.0. The Hall–Kier alpha value is -2.40. The number of nitrogens with zero attached hydrogens (tertiary/aromatic N) is 2. The SMILES string of the molecule is O=C(c1ccncc1)N1C[C@@H]2c3ccccc3OC[C@]2(CO)C1. The van der Waals surface area contributed by atoms with E-state index in [-0.39, 0.29) is 18.4 Å². The van der Waals surface area contributed by atoms with Crippen LogP contribution < -0.4 is 4.74 Å². The van der Waals surface area contributed by atoms with Crippen molar-refractivity contribution in [1.29, 1.82) is 0 Å². The molecule has 1 aromatic heterocycles. The quantitative estimate of drug-likeness (QED) is 0.917. The number of carbonyl (C=O) groups excluding carboxylic acids is 1. The fourth-order valence-corrected chi connectivity index (χ4v) is 3.70. The molecule has 0 spiro atoms. The number of likely N-dealkylation sites (tertiary alicyclic amines) is 1. The van der Waals surface area contributed by atoms with Gasteiger partial charge in [-0.25, -0.2) is 0 Å². The van der Waals surface area contributed by atoms with Gasteiger partial charge in [0.1, 0.15) is 5.75 Å². The van der Waals surface area contributed by atoms with Gasteiger partial charge in [-0.3, -0.25) is 9.78 Å². The van der Waals surface area contributed by atoms with E-state index in [0.717, 1.165) is 11.3 Å². The number of benzene rings is 1. The zero-order valence-corrected chi connectivity index (χ0v) is 12.7. The molecule has 3 heterocycles. The first kappa shape index (κ1) is 14.2. The number of aliphatic hydroxyl groups excluding tert-OH is 1. The van der Waals surface area contributed by atoms with E-state index in [9.17, 15) is 9.90 Å². The van der Waals surface area contributed by atoms with Gasteiger partial charge < -0.3 is 14.7 Å². The van der Waals surface area contributed by atoms with Crippen molar-refractivity contribution < 1.29 is 14.6 Å². The maximum atomic E-state index is 12.7. The van der Waals surface area contributed by atoms with Crippen molar-refractivity contribution in [3.63, 3.8) is 0 Å². The molecule has 2 atom stereocenters. The van der Waals surface area contributed by atoms with Crippen LogP contribution >= 0.6 is 0 Å². The van der Waals surface area contributed by atoms with Gasteiger partial charge in [0.05, 0.1) is 18.6 Å². The van der Waals surface area contributed by atoms with E-state index in [1.54, 1.807) is 24.5 Å². The summed E-state index contributed by atoms with van der Waals surface area (Å²) in [6.07, 6.45) is 3.24. The van der Waals surface area contributed by atoms with Gasteiger partial charge >= 0.3 is 0 Å². The second-order valence-electron chi connectivity index (χ2n) is 6.32. The van der Waals surface area contributed by atoms with Crippen LogP contribution in [0.2, 0.25) is 0 Å². The Kier molecular flexibility index (Phi) is 3.31. The first-order valence-electron chi connectivity index (χ1n) is 7.75. The van der Waals surface area contributed by atoms with Crippen molar-refractivity contribution in [3.05, 3.63) is 59.9 Å². The number of rotatable bonds is 2. The molecular weight excluding hydrogens is 292 g/mol. The van der Waals surface area contributed by atoms with Gasteiger partial charge in [-0.2, -0.15) is 0 Å². The highest BCUT2D eigenvalue weighted by Crippen LogP contribution is 2.49. The minimum Gasteiger partial charge on any atom is -0.493 e. The molecule has 5 heteroatoms. The number of fused-ring (bicyclic) bond motifs is 3. The summed E-state index contributed by atoms with van der Waals surface area (Å²) in [5.74, 6) is 0.940. The van der Waals surface area contributed by atoms with Gasteiger partial charge in [0.15, 0.2) is 0 Å². The first-order valence-corrected chi connectivity index (χ1v) is 7.75. The summed E-state index contributed by atoms with van der Waals surface area (Å²) in [6.45, 7) is 1.54. The highest BCUT2D eigenvalue weighted by Gasteiger charge is 2.52. The summed E-state index contributed by atoms with van der Waals surface area (Å²) >= 11 is 0. The monoisotopic (exact) mass is 310 g/mol. The number of hydrogen-bond donors (Lipinski definition) is 1. The van der Waals surface area contributed by atoms with Crippen molar-refractivity contribution in [2.45, 2.75) is 5.92 Å². The number of ether oxygens (including phenoxy) is 1. The average Bonchev–Trinajstić information content (AvgIpc) is 3.02. The van der Waals surface area contributed by atoms with E-state index in [4.69, 9.17) is 4.74 Å². The molecule has 4 rings (SSSR count). The number of carbonyl (C=O) groups is 1. The minimum atomic E-state index is -0.420. The van der Waals surface area contributed by atoms with Crippen molar-refractivity contribution in [3.8, 4) is 5.75 Å². The molecule has 118 valence electrons. The summed E-state index contributed by atoms with van der Waals surface area (Å²) in [7, 11) is 0. The number of aromatic nitrogens is 1. The number of amides is 1. The second kappa shape index (κ2) is 5.35. The van der Waals surface area contributed by atoms with E-state index in [1.807, 2.05) is 29.2 Å². The Morgan fingerprint density at radius 2 is 2.09 bits per heavy atom. The van der Waals surface area contributed by atoms with Gasteiger partial charge in [0, 0.05) is 37.0 Å². The molecule has 23 heavy (non-hydrogen) atoms. The summed E-state index contributed by atoms with van der Waals surface area (Å²) in [4.78, 5) is 18.5. The number of hydrogen-bond acceptors (Lipinski definition) is 4. The normalized spacial score (nSPS) is 25.4. The highest BCUT2D eigenvalue weighted by molar-refractivity contribution is 5.94. The lowest BCUT2D eigenvalue weighted by Gasteiger charge is -2.37. The fourth-order valence-electron chi connectivity index (χ4n) is 3.70. The molecule has 0 saturated carbocycles. The molecule has 0 radical (unpaired) electrons. The van der Waals surface area contributed by atoms with Gasteiger partial charge in [-0.05, 0) is 23.8 Å². The van der Waals surface area contributed by atoms with Crippen LogP contribution in [0.15, 0.2) is 48.8 Å². The Balaban J connectivity index is 1.67. The lowest BCUT2D eigenvalue weighted by Crippen LogP contribution is -2.42. The average molecular weight is 310 g/mol. The van der Waals surface area contributed by atoms with Crippen molar-refractivity contribution in [2.24, 2.45) is 5.41 Å². The standard InChI is InChI=1S/C18H18N2O3/c21-11-18-10-20(17(22)13-5-7-19-8-6-13)9-15(18)14-3-1-2-4-16(14)23-12-18/h1-8,15,21H,9-12H2/t15-,18-/m1/s1. The fraction of sp³-hybridized carbons (Fsp3) is 0.333. The van der Waals surface area contributed by atoms with Gasteiger partial charge in [-0.1, -0.05) is 18.2 Å². The highest BCUT2D eigenvalue weighted by atomic mass is 16.5. The van der Waals surface area contributed by atoms with E-state index in [1.165, 1.54) is 0 Å². The zero-order chi connectivity index (χ0) is 15.9. The molecule has 1 aromatic carbocycles. The zero-order valence-electron chi connectivity index (χ0n) is 12.7. The third-order valence-electron chi connectivity index (χ3n) is 4.99. The number of pyridine rings is 1. The smallest absolute Gasteiger partial charge is 0.254 e. The van der Waals surface area contributed by atoms with E-state index < -0.39 is 5.41 Å². The van der Waals surface area contributed by atoms with Crippen LogP contribution in [0.4, 0.5) is 0 Å². The molecule has 1 N–H and O–H groups in total. The third-order valence-corrected chi connectivity index (χ3v) is 4.99. The summed E-state index contributed by atoms with van der Waals surface area (Å²) in [6, 6.07) is 11.3. The molecule has 0 bridgehead atoms. The van der Waals surface area contributed by atoms with E-state index in [2.05, 4.69) is 4.98 Å². The molecule has 5 nitrogen and oxygen atoms in total. The second-order valence-corrected chi connectivity index (χ2v) is 6.32. The summed E-state index contributed by atoms with van der Waals surface area (Å²) in [5.41, 5.74) is 1.29. The van der Waals surface area contributed by atoms with Crippen LogP contribution in [-0.2, 0) is 0 Å². The van der Waals surface area contributed by atoms with E-state index >= 15 is 0 Å². The molecule has 2 aliphatic rings. The third kappa shape index (κ3) is 2.19. The maximum Gasteiger partial charge on any atom is 0.254 e. The molecule has 2 aromatic rings. The predicted molar refractivity (Wildman–Crippen MR) is 84.3 cm³/mol.